The Labute approximate surface area is 140 Å². The summed E-state index contributed by atoms with van der Waals surface area (Å²) < 4.78 is 10.8. The average Bonchev–Trinajstić information content (AvgIpc) is 2.77. The van der Waals surface area contributed by atoms with Gasteiger partial charge in [-0.15, -0.1) is 0 Å². The standard InChI is InChI=1S/C15H18ClN3O2S/c1-11(22)19(18-4-3-6-21-7-5-18)14-9-15(20-2)13(16)8-12(14)10-17/h8-9H,3-7H2,1-2H3. The highest BCUT2D eigenvalue weighted by Gasteiger charge is 2.23. The molecule has 0 aromatic heterocycles. The Bertz CT molecular complexity index is 595. The van der Waals surface area contributed by atoms with Crippen molar-refractivity contribution in [2.45, 2.75) is 13.3 Å². The summed E-state index contributed by atoms with van der Waals surface area (Å²) in [6, 6.07) is 5.54. The summed E-state index contributed by atoms with van der Waals surface area (Å²) in [6.45, 7) is 4.72. The number of rotatable bonds is 3. The maximum absolute atomic E-state index is 9.43. The Morgan fingerprint density at radius 3 is 2.86 bits per heavy atom. The molecule has 1 saturated heterocycles. The normalized spacial score (nSPS) is 15.7. The van der Waals surface area contributed by atoms with E-state index in [1.165, 1.54) is 0 Å². The Balaban J connectivity index is 2.47. The summed E-state index contributed by atoms with van der Waals surface area (Å²) in [6.07, 6.45) is 0.908. The van der Waals surface area contributed by atoms with Crippen LogP contribution < -0.4 is 9.75 Å². The van der Waals surface area contributed by atoms with Crippen LogP contribution in [0.4, 0.5) is 5.69 Å². The second kappa shape index (κ2) is 7.75. The van der Waals surface area contributed by atoms with Gasteiger partial charge in [0.15, 0.2) is 0 Å². The van der Waals surface area contributed by atoms with Crippen molar-refractivity contribution in [3.63, 3.8) is 0 Å². The number of methoxy groups -OCH3 is 1. The molecule has 0 amide bonds. The third-order valence-electron chi connectivity index (χ3n) is 3.40. The summed E-state index contributed by atoms with van der Waals surface area (Å²) in [5.41, 5.74) is 1.14. The van der Waals surface area contributed by atoms with Gasteiger partial charge in [-0.25, -0.2) is 5.01 Å². The zero-order valence-electron chi connectivity index (χ0n) is 12.6. The number of hydrazine groups is 1. The highest BCUT2D eigenvalue weighted by atomic mass is 35.5. The number of ether oxygens (including phenoxy) is 2. The van der Waals surface area contributed by atoms with Gasteiger partial charge in [0.1, 0.15) is 11.8 Å². The molecular formula is C15H18ClN3O2S. The van der Waals surface area contributed by atoms with E-state index < -0.39 is 0 Å². The van der Waals surface area contributed by atoms with Crippen LogP contribution in [0.15, 0.2) is 12.1 Å². The number of thiocarbonyl (C=S) groups is 1. The second-order valence-corrected chi connectivity index (χ2v) is 5.86. The van der Waals surface area contributed by atoms with Crippen molar-refractivity contribution in [2.75, 3.05) is 38.4 Å². The lowest BCUT2D eigenvalue weighted by Gasteiger charge is -2.35. The molecule has 0 atom stereocenters. The Morgan fingerprint density at radius 1 is 1.45 bits per heavy atom. The van der Waals surface area contributed by atoms with Crippen LogP contribution in [0.5, 0.6) is 5.75 Å². The van der Waals surface area contributed by atoms with Crippen molar-refractivity contribution in [3.8, 4) is 11.8 Å². The van der Waals surface area contributed by atoms with Crippen LogP contribution in [0.25, 0.3) is 0 Å². The van der Waals surface area contributed by atoms with Gasteiger partial charge >= 0.3 is 0 Å². The van der Waals surface area contributed by atoms with Gasteiger partial charge in [-0.2, -0.15) is 5.26 Å². The predicted molar refractivity (Wildman–Crippen MR) is 90.5 cm³/mol. The molecule has 0 bridgehead atoms. The van der Waals surface area contributed by atoms with E-state index in [1.54, 1.807) is 19.2 Å². The maximum Gasteiger partial charge on any atom is 0.139 e. The van der Waals surface area contributed by atoms with Gasteiger partial charge in [-0.05, 0) is 19.4 Å². The van der Waals surface area contributed by atoms with Gasteiger partial charge in [0.05, 0.1) is 35.0 Å². The van der Waals surface area contributed by atoms with Crippen LogP contribution in [0, 0.1) is 11.3 Å². The number of benzene rings is 1. The lowest BCUT2D eigenvalue weighted by atomic mass is 10.1. The molecule has 0 unspecified atom stereocenters. The first-order valence-electron chi connectivity index (χ1n) is 6.99. The quantitative estimate of drug-likeness (QED) is 0.789. The third-order valence-corrected chi connectivity index (χ3v) is 3.87. The zero-order valence-corrected chi connectivity index (χ0v) is 14.2. The summed E-state index contributed by atoms with van der Waals surface area (Å²) in [5.74, 6) is 0.517. The molecule has 1 aliphatic heterocycles. The lowest BCUT2D eigenvalue weighted by Crippen LogP contribution is -2.46. The van der Waals surface area contributed by atoms with Crippen molar-refractivity contribution in [3.05, 3.63) is 22.7 Å². The molecule has 1 aliphatic rings. The van der Waals surface area contributed by atoms with Gasteiger partial charge in [0, 0.05) is 25.8 Å². The van der Waals surface area contributed by atoms with Crippen molar-refractivity contribution in [1.82, 2.24) is 5.01 Å². The Morgan fingerprint density at radius 2 is 2.23 bits per heavy atom. The summed E-state index contributed by atoms with van der Waals surface area (Å²) >= 11 is 11.5. The molecule has 0 N–H and O–H groups in total. The van der Waals surface area contributed by atoms with E-state index in [1.807, 2.05) is 11.9 Å². The van der Waals surface area contributed by atoms with Gasteiger partial charge in [-0.3, -0.25) is 5.01 Å². The van der Waals surface area contributed by atoms with E-state index in [0.29, 0.717) is 40.2 Å². The SMILES string of the molecule is COc1cc(N(C(C)=S)N2CCCOCC2)c(C#N)cc1Cl. The van der Waals surface area contributed by atoms with E-state index in [2.05, 4.69) is 11.1 Å². The molecule has 0 spiro atoms. The molecule has 2 rings (SSSR count). The first-order valence-corrected chi connectivity index (χ1v) is 7.78. The monoisotopic (exact) mass is 339 g/mol. The van der Waals surface area contributed by atoms with Crippen molar-refractivity contribution in [1.29, 1.82) is 5.26 Å². The molecule has 1 heterocycles. The molecule has 0 saturated carbocycles. The van der Waals surface area contributed by atoms with E-state index in [0.717, 1.165) is 19.6 Å². The Hall–Kier alpha value is -1.39. The summed E-state index contributed by atoms with van der Waals surface area (Å²) in [5, 5.41) is 13.8. The summed E-state index contributed by atoms with van der Waals surface area (Å²) in [4.78, 5) is 0.655. The lowest BCUT2D eigenvalue weighted by molar-refractivity contribution is 0.142. The van der Waals surface area contributed by atoms with Crippen LogP contribution in [0.3, 0.4) is 0 Å². The minimum Gasteiger partial charge on any atom is -0.495 e. The zero-order chi connectivity index (χ0) is 16.1. The highest BCUT2D eigenvalue weighted by molar-refractivity contribution is 7.80. The Kier molecular flexibility index (Phi) is 5.98. The molecular weight excluding hydrogens is 322 g/mol. The number of halogens is 1. The number of nitriles is 1. The van der Waals surface area contributed by atoms with E-state index in [4.69, 9.17) is 33.3 Å². The molecule has 0 radical (unpaired) electrons. The van der Waals surface area contributed by atoms with E-state index >= 15 is 0 Å². The number of nitrogens with zero attached hydrogens (tertiary/aromatic N) is 3. The fraction of sp³-hybridized carbons (Fsp3) is 0.467. The molecule has 1 aromatic carbocycles. The van der Waals surface area contributed by atoms with Crippen LogP contribution in [0.1, 0.15) is 18.9 Å². The van der Waals surface area contributed by atoms with Crippen molar-refractivity contribution < 1.29 is 9.47 Å². The van der Waals surface area contributed by atoms with Crippen LogP contribution in [-0.2, 0) is 4.74 Å². The number of hydrogen-bond donors (Lipinski definition) is 0. The predicted octanol–water partition coefficient (Wildman–Crippen LogP) is 3.01. The first kappa shape index (κ1) is 17.0. The molecule has 7 heteroatoms. The van der Waals surface area contributed by atoms with E-state index in [-0.39, 0.29) is 0 Å². The van der Waals surface area contributed by atoms with Crippen LogP contribution >= 0.6 is 23.8 Å². The van der Waals surface area contributed by atoms with Gasteiger partial charge in [-0.1, -0.05) is 23.8 Å². The minimum absolute atomic E-state index is 0.406. The van der Waals surface area contributed by atoms with Crippen LogP contribution in [0.2, 0.25) is 5.02 Å². The molecule has 5 nitrogen and oxygen atoms in total. The molecule has 118 valence electrons. The van der Waals surface area contributed by atoms with Gasteiger partial charge in [0.25, 0.3) is 0 Å². The van der Waals surface area contributed by atoms with Crippen molar-refractivity contribution in [2.24, 2.45) is 0 Å². The second-order valence-electron chi connectivity index (χ2n) is 4.87. The van der Waals surface area contributed by atoms with Crippen LogP contribution in [-0.4, -0.2) is 43.4 Å². The molecule has 22 heavy (non-hydrogen) atoms. The first-order chi connectivity index (χ1) is 10.6. The highest BCUT2D eigenvalue weighted by Crippen LogP contribution is 2.34. The summed E-state index contributed by atoms with van der Waals surface area (Å²) in [7, 11) is 1.55. The molecule has 1 aromatic rings. The molecule has 0 aliphatic carbocycles. The van der Waals surface area contributed by atoms with Gasteiger partial charge < -0.3 is 9.47 Å². The maximum atomic E-state index is 9.43. The fourth-order valence-corrected chi connectivity index (χ4v) is 2.87. The average molecular weight is 340 g/mol. The van der Waals surface area contributed by atoms with E-state index in [9.17, 15) is 5.26 Å². The molecule has 1 fully saturated rings. The number of hydrogen-bond acceptors (Lipinski definition) is 5. The van der Waals surface area contributed by atoms with Gasteiger partial charge in [0.2, 0.25) is 0 Å². The van der Waals surface area contributed by atoms with Crippen molar-refractivity contribution >= 4 is 34.5 Å². The fourth-order valence-electron chi connectivity index (χ4n) is 2.42. The third kappa shape index (κ3) is 3.68. The minimum atomic E-state index is 0.406. The smallest absolute Gasteiger partial charge is 0.139 e. The number of anilines is 1. The topological polar surface area (TPSA) is 48.7 Å². The largest absolute Gasteiger partial charge is 0.495 e.